The second-order valence-corrected chi connectivity index (χ2v) is 22.0. The number of aliphatic hydroxyl groups excluding tert-OH is 2. The number of amides is 10. The van der Waals surface area contributed by atoms with Crippen LogP contribution in [0.25, 0.3) is 0 Å². The van der Waals surface area contributed by atoms with E-state index >= 15 is 0 Å². The van der Waals surface area contributed by atoms with Gasteiger partial charge in [-0.15, -0.1) is 0 Å². The normalized spacial score (nSPS) is 24.8. The van der Waals surface area contributed by atoms with E-state index in [-0.39, 0.29) is 70.6 Å². The van der Waals surface area contributed by atoms with Crippen LogP contribution >= 0.6 is 0 Å². The van der Waals surface area contributed by atoms with Crippen LogP contribution in [0.4, 0.5) is 0 Å². The maximum absolute atomic E-state index is 14.5. The van der Waals surface area contributed by atoms with Crippen molar-refractivity contribution in [3.8, 4) is 0 Å². The molecule has 1 saturated heterocycles. The van der Waals surface area contributed by atoms with Gasteiger partial charge in [-0.3, -0.25) is 47.9 Å². The van der Waals surface area contributed by atoms with Crippen LogP contribution in [-0.4, -0.2) is 169 Å². The number of carbonyl (C=O) groups excluding carboxylic acids is 10. The van der Waals surface area contributed by atoms with E-state index in [4.69, 9.17) is 22.9 Å². The average Bonchev–Trinajstić information content (AvgIpc) is 3.42. The second kappa shape index (κ2) is 37.7. The fourth-order valence-corrected chi connectivity index (χ4v) is 9.88. The molecule has 462 valence electrons. The van der Waals surface area contributed by atoms with E-state index < -0.39 is 145 Å². The molecule has 3 rings (SSSR count). The summed E-state index contributed by atoms with van der Waals surface area (Å²) in [5.74, 6) is -9.03. The third-order valence-electron chi connectivity index (χ3n) is 14.6. The molecule has 20 N–H and O–H groups in total. The van der Waals surface area contributed by atoms with Gasteiger partial charge in [0.2, 0.25) is 59.1 Å². The number of nitrogens with two attached hydrogens (primary N) is 4. The van der Waals surface area contributed by atoms with E-state index in [2.05, 4.69) is 53.2 Å². The minimum atomic E-state index is -1.66. The largest absolute Gasteiger partial charge is 0.391 e. The van der Waals surface area contributed by atoms with Gasteiger partial charge in [-0.1, -0.05) is 102 Å². The number of nitrogens with one attached hydrogen (secondary N) is 10. The number of hydrogen-bond donors (Lipinski definition) is 16. The Labute approximate surface area is 482 Å². The van der Waals surface area contributed by atoms with Crippen LogP contribution in [0.3, 0.4) is 0 Å². The first-order valence-corrected chi connectivity index (χ1v) is 29.4. The molecule has 1 aliphatic carbocycles. The Kier molecular flexibility index (Phi) is 32.2. The summed E-state index contributed by atoms with van der Waals surface area (Å²) >= 11 is 0. The number of aliphatic hydroxyl groups is 2. The van der Waals surface area contributed by atoms with Crippen molar-refractivity contribution in [3.05, 3.63) is 35.9 Å². The van der Waals surface area contributed by atoms with Gasteiger partial charge in [-0.2, -0.15) is 0 Å². The summed E-state index contributed by atoms with van der Waals surface area (Å²) in [4.78, 5) is 141. The molecule has 0 bridgehead atoms. The van der Waals surface area contributed by atoms with Crippen molar-refractivity contribution in [3.63, 3.8) is 0 Å². The third kappa shape index (κ3) is 24.6. The molecule has 0 spiro atoms. The fraction of sp³-hybridized carbons (Fsp3) is 0.714. The zero-order chi connectivity index (χ0) is 60.7. The molecule has 4 unspecified atom stereocenters. The Morgan fingerprint density at radius 2 is 1.01 bits per heavy atom. The van der Waals surface area contributed by atoms with E-state index in [1.807, 2.05) is 0 Å². The van der Waals surface area contributed by atoms with Crippen molar-refractivity contribution in [1.82, 2.24) is 53.2 Å². The van der Waals surface area contributed by atoms with Gasteiger partial charge in [0, 0.05) is 18.9 Å². The van der Waals surface area contributed by atoms with Crippen LogP contribution in [-0.2, 0) is 54.4 Å². The molecule has 1 aliphatic heterocycles. The van der Waals surface area contributed by atoms with Gasteiger partial charge in [0.25, 0.3) is 0 Å². The van der Waals surface area contributed by atoms with Crippen molar-refractivity contribution < 1.29 is 58.2 Å². The van der Waals surface area contributed by atoms with Crippen LogP contribution in [0.2, 0.25) is 0 Å². The highest BCUT2D eigenvalue weighted by atomic mass is 16.3. The molecule has 1 aromatic rings. The Bertz CT molecular complexity index is 2190. The van der Waals surface area contributed by atoms with Crippen molar-refractivity contribution in [2.45, 2.75) is 210 Å². The molecular weight excluding hydrogens is 1060 g/mol. The van der Waals surface area contributed by atoms with Gasteiger partial charge >= 0.3 is 0 Å². The fourth-order valence-electron chi connectivity index (χ4n) is 9.88. The van der Waals surface area contributed by atoms with Gasteiger partial charge in [0.15, 0.2) is 0 Å². The van der Waals surface area contributed by atoms with Crippen molar-refractivity contribution in [1.29, 1.82) is 0 Å². The molecule has 1 saturated carbocycles. The Hall–Kier alpha value is -6.32. The molecular formula is C56H96N14O12. The zero-order valence-corrected chi connectivity index (χ0v) is 48.4. The number of rotatable bonds is 20. The highest BCUT2D eigenvalue weighted by Crippen LogP contribution is 2.22. The first-order valence-electron chi connectivity index (χ1n) is 29.4. The quantitative estimate of drug-likeness (QED) is 0.0629. The minimum Gasteiger partial charge on any atom is -0.391 e. The first kappa shape index (κ1) is 69.9. The monoisotopic (exact) mass is 1160 g/mol. The highest BCUT2D eigenvalue weighted by molar-refractivity contribution is 5.99. The summed E-state index contributed by atoms with van der Waals surface area (Å²) in [5, 5.41) is 47.7. The van der Waals surface area contributed by atoms with Gasteiger partial charge < -0.3 is 86.3 Å². The standard InChI is InChI=1S/C56H96N14O12/c1-33(2)31-43-53(79)64-38(21-26-57)48(74)63-41(24-29-60)52(78)70-45(34(3)71)55(81)61-30-25-42(51(77)62-39(22-27-58)50(76)68-44(54(80)67-43)32-36-17-13-12-14-18-36)65-49(75)40(23-28-59)66-56(82)46(35(4)72)69-47(73)37-19-15-10-8-6-5-7-9-11-16-20-37/h12-14,17-18,33-35,37-46,71-72H,5-11,15-16,19-32,57-60H2,1-4H3,(H,61,81)(H,62,77)(H,63,74)(H,64,79)(H,65,75)(H,66,82)(H,67,80)(H,68,76)(H,69,73)(H,70,78)/t34-,35-,38?,39+,40+,41+,42?,43?,44?,45+,46+/m1/s1. The van der Waals surface area contributed by atoms with Crippen molar-refractivity contribution in [2.24, 2.45) is 34.8 Å². The molecule has 0 radical (unpaired) electrons. The zero-order valence-electron chi connectivity index (χ0n) is 48.4. The summed E-state index contributed by atoms with van der Waals surface area (Å²) in [7, 11) is 0. The van der Waals surface area contributed by atoms with Crippen LogP contribution in [0.5, 0.6) is 0 Å². The van der Waals surface area contributed by atoms with Gasteiger partial charge in [-0.25, -0.2) is 0 Å². The SMILES string of the molecule is CC(C)CC1NC(=O)C(Cc2ccccc2)NC(=O)[C@H](CCN)NC(=O)C(NC(=O)[C@H](CCN)NC(=O)[C@@H](NC(=O)C2CCCCCCCCCCC2)[C@@H](C)O)CCNC(=O)[C@H]([C@@H](C)O)NC(=O)[C@H](CCN)NC(=O)C(CCN)NC1=O. The van der Waals surface area contributed by atoms with Crippen molar-refractivity contribution >= 4 is 59.1 Å². The number of hydrogen-bond acceptors (Lipinski definition) is 16. The molecule has 2 aliphatic rings. The first-order chi connectivity index (χ1) is 39.1. The van der Waals surface area contributed by atoms with Crippen LogP contribution in [0.15, 0.2) is 30.3 Å². The van der Waals surface area contributed by atoms with E-state index in [1.165, 1.54) is 20.3 Å². The molecule has 2 fully saturated rings. The molecule has 1 heterocycles. The topological polar surface area (TPSA) is 436 Å². The lowest BCUT2D eigenvalue weighted by Gasteiger charge is -2.29. The molecule has 26 nitrogen and oxygen atoms in total. The lowest BCUT2D eigenvalue weighted by Crippen LogP contribution is -2.61. The summed E-state index contributed by atoms with van der Waals surface area (Å²) in [6.45, 7) is 5.18. The second-order valence-electron chi connectivity index (χ2n) is 22.0. The van der Waals surface area contributed by atoms with Crippen LogP contribution < -0.4 is 76.1 Å². The predicted octanol–water partition coefficient (Wildman–Crippen LogP) is -2.76. The maximum atomic E-state index is 14.5. The summed E-state index contributed by atoms with van der Waals surface area (Å²) < 4.78 is 0. The van der Waals surface area contributed by atoms with E-state index in [0.717, 1.165) is 51.4 Å². The van der Waals surface area contributed by atoms with Gasteiger partial charge in [-0.05, 0) is 103 Å². The maximum Gasteiger partial charge on any atom is 0.245 e. The smallest absolute Gasteiger partial charge is 0.245 e. The summed E-state index contributed by atoms with van der Waals surface area (Å²) in [6.07, 6.45) is 6.36. The molecule has 1 aromatic carbocycles. The van der Waals surface area contributed by atoms with Gasteiger partial charge in [0.1, 0.15) is 54.4 Å². The molecule has 26 heteroatoms. The number of carbonyl (C=O) groups is 10. The molecule has 82 heavy (non-hydrogen) atoms. The Balaban J connectivity index is 2.08. The minimum absolute atomic E-state index is 0.0639. The van der Waals surface area contributed by atoms with Gasteiger partial charge in [0.05, 0.1) is 12.2 Å². The van der Waals surface area contributed by atoms with Crippen LogP contribution in [0, 0.1) is 11.8 Å². The van der Waals surface area contributed by atoms with E-state index in [0.29, 0.717) is 18.4 Å². The molecule has 11 atom stereocenters. The summed E-state index contributed by atoms with van der Waals surface area (Å²) in [5.41, 5.74) is 24.2. The van der Waals surface area contributed by atoms with E-state index in [9.17, 15) is 58.2 Å². The predicted molar refractivity (Wildman–Crippen MR) is 307 cm³/mol. The lowest BCUT2D eigenvalue weighted by molar-refractivity contribution is -0.137. The van der Waals surface area contributed by atoms with Crippen molar-refractivity contribution in [2.75, 3.05) is 32.7 Å². The third-order valence-corrected chi connectivity index (χ3v) is 14.6. The number of benzene rings is 1. The Morgan fingerprint density at radius 1 is 0.549 bits per heavy atom. The van der Waals surface area contributed by atoms with E-state index in [1.54, 1.807) is 44.2 Å². The Morgan fingerprint density at radius 3 is 1.50 bits per heavy atom. The average molecular weight is 1160 g/mol. The highest BCUT2D eigenvalue weighted by Gasteiger charge is 2.37. The molecule has 0 aromatic heterocycles. The summed E-state index contributed by atoms with van der Waals surface area (Å²) in [6, 6.07) is -4.42. The molecule has 10 amide bonds. The lowest BCUT2D eigenvalue weighted by atomic mass is 9.92. The van der Waals surface area contributed by atoms with Crippen LogP contribution in [0.1, 0.15) is 142 Å².